The fourth-order valence-corrected chi connectivity index (χ4v) is 4.98. The van der Waals surface area contributed by atoms with Gasteiger partial charge < -0.3 is 0 Å². The van der Waals surface area contributed by atoms with Gasteiger partial charge in [-0.3, -0.25) is 9.69 Å². The van der Waals surface area contributed by atoms with E-state index in [2.05, 4.69) is 55.6 Å². The molecule has 0 radical (unpaired) electrons. The van der Waals surface area contributed by atoms with Crippen LogP contribution in [0.15, 0.2) is 127 Å². The first-order valence-corrected chi connectivity index (χ1v) is 11.5. The molecular weight excluding hydrogens is 402 g/mol. The van der Waals surface area contributed by atoms with Crippen LogP contribution in [0.5, 0.6) is 0 Å². The predicted octanol–water partition coefficient (Wildman–Crippen LogP) is 7.58. The van der Waals surface area contributed by atoms with Gasteiger partial charge in [0.2, 0.25) is 5.91 Å². The summed E-state index contributed by atoms with van der Waals surface area (Å²) in [5, 5.41) is 0. The summed E-state index contributed by atoms with van der Waals surface area (Å²) >= 11 is 0. The maximum atomic E-state index is 14.1. The van der Waals surface area contributed by atoms with Crippen molar-refractivity contribution in [2.24, 2.45) is 5.92 Å². The Morgan fingerprint density at radius 1 is 0.879 bits per heavy atom. The minimum absolute atomic E-state index is 0.0609. The molecule has 1 aliphatic carbocycles. The summed E-state index contributed by atoms with van der Waals surface area (Å²) in [4.78, 5) is 16.1. The van der Waals surface area contributed by atoms with E-state index in [0.717, 1.165) is 52.1 Å². The number of hydrogen-bond acceptors (Lipinski definition) is 1. The van der Waals surface area contributed by atoms with Crippen molar-refractivity contribution in [3.63, 3.8) is 0 Å². The molecule has 2 nitrogen and oxygen atoms in total. The van der Waals surface area contributed by atoms with Crippen LogP contribution in [0.4, 0.5) is 5.69 Å². The first-order chi connectivity index (χ1) is 16.2. The maximum absolute atomic E-state index is 14.1. The molecule has 1 heterocycles. The number of anilines is 1. The molecule has 0 spiro atoms. The van der Waals surface area contributed by atoms with Gasteiger partial charge in [0.15, 0.2) is 0 Å². The average molecular weight is 430 g/mol. The molecular formula is C31H27NO. The van der Waals surface area contributed by atoms with Crippen molar-refractivity contribution in [2.45, 2.75) is 19.3 Å². The van der Waals surface area contributed by atoms with Gasteiger partial charge in [-0.1, -0.05) is 97.6 Å². The highest BCUT2D eigenvalue weighted by Crippen LogP contribution is 2.47. The molecule has 5 rings (SSSR count). The lowest BCUT2D eigenvalue weighted by molar-refractivity contribution is -0.121. The number of amides is 1. The summed E-state index contributed by atoms with van der Waals surface area (Å²) in [6, 6.07) is 28.8. The van der Waals surface area contributed by atoms with Crippen molar-refractivity contribution in [3.8, 4) is 11.1 Å². The van der Waals surface area contributed by atoms with Gasteiger partial charge in [-0.25, -0.2) is 0 Å². The second-order valence-electron chi connectivity index (χ2n) is 8.51. The van der Waals surface area contributed by atoms with Crippen molar-refractivity contribution >= 4 is 17.2 Å². The van der Waals surface area contributed by atoms with E-state index in [1.165, 1.54) is 5.57 Å². The zero-order valence-electron chi connectivity index (χ0n) is 18.7. The molecule has 162 valence electrons. The number of hydrogen-bond donors (Lipinski definition) is 0. The Morgan fingerprint density at radius 2 is 1.52 bits per heavy atom. The molecule has 0 saturated carbocycles. The normalized spacial score (nSPS) is 18.1. The molecule has 0 bridgehead atoms. The molecule has 0 saturated heterocycles. The third-order valence-electron chi connectivity index (χ3n) is 6.55. The standard InChI is InChI=1S/C31H27NO/c1-3-13-26-22(2)25-19-12-20-28(24-16-8-5-9-17-24)30(25)32(31(26)33)29-21-11-10-18-27(29)23-14-6-4-7-15-23/h3-11,14-18,20-21,26H,1-2,12-13,19H2. The molecule has 2 aliphatic rings. The topological polar surface area (TPSA) is 20.3 Å². The average Bonchev–Trinajstić information content (AvgIpc) is 2.88. The second-order valence-corrected chi connectivity index (χ2v) is 8.51. The highest BCUT2D eigenvalue weighted by atomic mass is 16.2. The summed E-state index contributed by atoms with van der Waals surface area (Å²) in [6.07, 6.45) is 6.50. The Morgan fingerprint density at radius 3 is 2.21 bits per heavy atom. The van der Waals surface area contributed by atoms with E-state index in [9.17, 15) is 4.79 Å². The molecule has 3 aromatic rings. The van der Waals surface area contributed by atoms with E-state index in [0.29, 0.717) is 6.42 Å². The van der Waals surface area contributed by atoms with Crippen LogP contribution in [-0.2, 0) is 4.79 Å². The van der Waals surface area contributed by atoms with Gasteiger partial charge in [-0.15, -0.1) is 6.58 Å². The van der Waals surface area contributed by atoms with Crippen LogP contribution >= 0.6 is 0 Å². The van der Waals surface area contributed by atoms with Crippen LogP contribution in [-0.4, -0.2) is 5.91 Å². The minimum Gasteiger partial charge on any atom is -0.279 e. The quantitative estimate of drug-likeness (QED) is 0.383. The highest BCUT2D eigenvalue weighted by Gasteiger charge is 2.40. The van der Waals surface area contributed by atoms with Crippen molar-refractivity contribution in [3.05, 3.63) is 133 Å². The Bertz CT molecular complexity index is 1280. The van der Waals surface area contributed by atoms with E-state index in [1.807, 2.05) is 59.5 Å². The minimum atomic E-state index is -0.291. The zero-order chi connectivity index (χ0) is 22.8. The maximum Gasteiger partial charge on any atom is 0.239 e. The lowest BCUT2D eigenvalue weighted by atomic mass is 9.77. The van der Waals surface area contributed by atoms with Crippen LogP contribution in [0.25, 0.3) is 16.7 Å². The lowest BCUT2D eigenvalue weighted by Crippen LogP contribution is -2.42. The van der Waals surface area contributed by atoms with Crippen LogP contribution in [0.1, 0.15) is 24.8 Å². The van der Waals surface area contributed by atoms with Crippen LogP contribution in [0.2, 0.25) is 0 Å². The number of benzene rings is 3. The van der Waals surface area contributed by atoms with Crippen molar-refractivity contribution < 1.29 is 4.79 Å². The Balaban J connectivity index is 1.76. The summed E-state index contributed by atoms with van der Waals surface area (Å²) in [5.74, 6) is -0.231. The van der Waals surface area contributed by atoms with Gasteiger partial charge in [0.1, 0.15) is 0 Å². The number of rotatable bonds is 5. The number of carbonyl (C=O) groups is 1. The van der Waals surface area contributed by atoms with E-state index in [1.54, 1.807) is 0 Å². The van der Waals surface area contributed by atoms with Gasteiger partial charge in [-0.05, 0) is 47.6 Å². The number of allylic oxidation sites excluding steroid dienone is 4. The summed E-state index contributed by atoms with van der Waals surface area (Å²) in [6.45, 7) is 8.32. The smallest absolute Gasteiger partial charge is 0.239 e. The van der Waals surface area contributed by atoms with Crippen molar-refractivity contribution in [1.29, 1.82) is 0 Å². The summed E-state index contributed by atoms with van der Waals surface area (Å²) < 4.78 is 0. The van der Waals surface area contributed by atoms with Crippen molar-refractivity contribution in [1.82, 2.24) is 0 Å². The monoisotopic (exact) mass is 429 g/mol. The molecule has 1 unspecified atom stereocenters. The fraction of sp³-hybridized carbons (Fsp3) is 0.129. The number of nitrogens with zero attached hydrogens (tertiary/aromatic N) is 1. The Labute approximate surface area is 195 Å². The van der Waals surface area contributed by atoms with E-state index in [-0.39, 0.29) is 11.8 Å². The second kappa shape index (κ2) is 8.91. The highest BCUT2D eigenvalue weighted by molar-refractivity contribution is 6.10. The van der Waals surface area contributed by atoms with Gasteiger partial charge in [-0.2, -0.15) is 0 Å². The first kappa shape index (κ1) is 21.0. The molecule has 0 N–H and O–H groups in total. The summed E-state index contributed by atoms with van der Waals surface area (Å²) in [7, 11) is 0. The molecule has 3 aromatic carbocycles. The fourth-order valence-electron chi connectivity index (χ4n) is 4.98. The van der Waals surface area contributed by atoms with Gasteiger partial charge in [0, 0.05) is 11.1 Å². The van der Waals surface area contributed by atoms with E-state index >= 15 is 0 Å². The van der Waals surface area contributed by atoms with E-state index < -0.39 is 0 Å². The van der Waals surface area contributed by atoms with Crippen molar-refractivity contribution in [2.75, 3.05) is 4.90 Å². The largest absolute Gasteiger partial charge is 0.279 e. The molecule has 33 heavy (non-hydrogen) atoms. The van der Waals surface area contributed by atoms with Gasteiger partial charge in [0.05, 0.1) is 17.3 Å². The summed E-state index contributed by atoms with van der Waals surface area (Å²) in [5.41, 5.74) is 8.36. The Kier molecular flexibility index (Phi) is 5.66. The van der Waals surface area contributed by atoms with E-state index in [4.69, 9.17) is 0 Å². The van der Waals surface area contributed by atoms with Gasteiger partial charge in [0.25, 0.3) is 0 Å². The van der Waals surface area contributed by atoms with Crippen LogP contribution in [0, 0.1) is 5.92 Å². The first-order valence-electron chi connectivity index (χ1n) is 11.5. The molecule has 1 aliphatic heterocycles. The molecule has 0 aromatic heterocycles. The molecule has 1 atom stereocenters. The van der Waals surface area contributed by atoms with Crippen LogP contribution < -0.4 is 4.90 Å². The predicted molar refractivity (Wildman–Crippen MR) is 137 cm³/mol. The number of para-hydroxylation sites is 1. The SMILES string of the molecule is C=CCC1C(=C)C2=C(C(c3ccccc3)=CCC2)N(c2ccccc2-c2ccccc2)C1=O. The molecule has 1 amide bonds. The third-order valence-corrected chi connectivity index (χ3v) is 6.55. The van der Waals surface area contributed by atoms with Gasteiger partial charge >= 0.3 is 0 Å². The zero-order valence-corrected chi connectivity index (χ0v) is 18.7. The molecule has 0 fully saturated rings. The Hall–Kier alpha value is -3.91. The number of carbonyl (C=O) groups excluding carboxylic acids is 1. The third kappa shape index (κ3) is 3.68. The lowest BCUT2D eigenvalue weighted by Gasteiger charge is -2.41. The van der Waals surface area contributed by atoms with Crippen LogP contribution in [0.3, 0.4) is 0 Å². The molecule has 2 heteroatoms.